The van der Waals surface area contributed by atoms with Gasteiger partial charge < -0.3 is 20.4 Å². The maximum absolute atomic E-state index is 11.8. The van der Waals surface area contributed by atoms with Crippen molar-refractivity contribution >= 4 is 17.1 Å². The normalized spacial score (nSPS) is 10.5. The molecule has 0 aliphatic carbocycles. The van der Waals surface area contributed by atoms with E-state index in [0.29, 0.717) is 25.4 Å². The first-order chi connectivity index (χ1) is 11.7. The number of methoxy groups -OCH3 is 1. The van der Waals surface area contributed by atoms with Crippen LogP contribution in [0.15, 0.2) is 42.6 Å². The number of hydrogen-bond acceptors (Lipinski definition) is 4. The lowest BCUT2D eigenvalue weighted by molar-refractivity contribution is 0.240. The summed E-state index contributed by atoms with van der Waals surface area (Å²) in [5.74, 6) is 1.38. The Morgan fingerprint density at radius 2 is 2.12 bits per heavy atom. The minimum absolute atomic E-state index is 0.220. The first-order valence-electron chi connectivity index (χ1n) is 7.69. The molecule has 0 fully saturated rings. The lowest BCUT2D eigenvalue weighted by atomic mass is 10.2. The Morgan fingerprint density at radius 1 is 1.25 bits per heavy atom. The summed E-state index contributed by atoms with van der Waals surface area (Å²) in [6.07, 6.45) is 2.29. The Kier molecular flexibility index (Phi) is 4.90. The number of aromatic amines is 1. The van der Waals surface area contributed by atoms with Gasteiger partial charge in [0.15, 0.2) is 0 Å². The van der Waals surface area contributed by atoms with Gasteiger partial charge in [0.2, 0.25) is 5.88 Å². The molecule has 0 radical (unpaired) electrons. The number of rotatable bonds is 6. The zero-order chi connectivity index (χ0) is 16.8. The Hall–Kier alpha value is -3.09. The SMILES string of the molecule is COc1cc(CNC(=O)NCCc2nc3ccccc3[nH]2)ccn1. The molecule has 7 heteroatoms. The van der Waals surface area contributed by atoms with Crippen LogP contribution in [0.25, 0.3) is 11.0 Å². The van der Waals surface area contributed by atoms with Crippen LogP contribution in [-0.4, -0.2) is 34.6 Å². The van der Waals surface area contributed by atoms with E-state index >= 15 is 0 Å². The highest BCUT2D eigenvalue weighted by Crippen LogP contribution is 2.10. The third-order valence-electron chi connectivity index (χ3n) is 3.55. The predicted octanol–water partition coefficient (Wildman–Crippen LogP) is 2.01. The predicted molar refractivity (Wildman–Crippen MR) is 90.8 cm³/mol. The quantitative estimate of drug-likeness (QED) is 0.646. The summed E-state index contributed by atoms with van der Waals surface area (Å²) in [4.78, 5) is 23.6. The molecule has 3 rings (SSSR count). The highest BCUT2D eigenvalue weighted by Gasteiger charge is 2.04. The summed E-state index contributed by atoms with van der Waals surface area (Å²) in [6.45, 7) is 0.917. The number of carbonyl (C=O) groups is 1. The molecule has 24 heavy (non-hydrogen) atoms. The van der Waals surface area contributed by atoms with Gasteiger partial charge in [0.25, 0.3) is 0 Å². The summed E-state index contributed by atoms with van der Waals surface area (Å²) in [5.41, 5.74) is 2.86. The molecule has 0 unspecified atom stereocenters. The first kappa shape index (κ1) is 15.8. The van der Waals surface area contributed by atoms with Gasteiger partial charge in [-0.1, -0.05) is 12.1 Å². The van der Waals surface area contributed by atoms with Gasteiger partial charge in [-0.3, -0.25) is 0 Å². The summed E-state index contributed by atoms with van der Waals surface area (Å²) < 4.78 is 5.05. The fourth-order valence-corrected chi connectivity index (χ4v) is 2.34. The molecule has 0 bridgehead atoms. The van der Waals surface area contributed by atoms with Gasteiger partial charge in [0, 0.05) is 31.8 Å². The molecule has 3 N–H and O–H groups in total. The second-order valence-electron chi connectivity index (χ2n) is 5.27. The lowest BCUT2D eigenvalue weighted by Crippen LogP contribution is -2.36. The molecular weight excluding hydrogens is 306 g/mol. The zero-order valence-corrected chi connectivity index (χ0v) is 13.4. The van der Waals surface area contributed by atoms with Crippen LogP contribution in [-0.2, 0) is 13.0 Å². The van der Waals surface area contributed by atoms with Crippen LogP contribution >= 0.6 is 0 Å². The van der Waals surface area contributed by atoms with E-state index in [1.165, 1.54) is 0 Å². The number of H-pyrrole nitrogens is 1. The molecule has 0 aliphatic rings. The molecule has 0 saturated heterocycles. The number of nitrogens with one attached hydrogen (secondary N) is 3. The minimum Gasteiger partial charge on any atom is -0.481 e. The largest absolute Gasteiger partial charge is 0.481 e. The van der Waals surface area contributed by atoms with Crippen molar-refractivity contribution in [1.29, 1.82) is 0 Å². The van der Waals surface area contributed by atoms with Crippen LogP contribution in [0, 0.1) is 0 Å². The fraction of sp³-hybridized carbons (Fsp3) is 0.235. The third kappa shape index (κ3) is 4.01. The lowest BCUT2D eigenvalue weighted by Gasteiger charge is -2.07. The van der Waals surface area contributed by atoms with Gasteiger partial charge in [0.1, 0.15) is 5.82 Å². The monoisotopic (exact) mass is 325 g/mol. The second kappa shape index (κ2) is 7.45. The molecule has 2 aromatic heterocycles. The van der Waals surface area contributed by atoms with Crippen molar-refractivity contribution < 1.29 is 9.53 Å². The average Bonchev–Trinajstić information content (AvgIpc) is 3.03. The number of imidazole rings is 1. The Morgan fingerprint density at radius 3 is 2.96 bits per heavy atom. The second-order valence-corrected chi connectivity index (χ2v) is 5.27. The van der Waals surface area contributed by atoms with E-state index in [0.717, 1.165) is 22.4 Å². The third-order valence-corrected chi connectivity index (χ3v) is 3.55. The Balaban J connectivity index is 1.43. The van der Waals surface area contributed by atoms with Crippen molar-refractivity contribution in [1.82, 2.24) is 25.6 Å². The van der Waals surface area contributed by atoms with Crippen LogP contribution in [0.3, 0.4) is 0 Å². The number of amides is 2. The number of para-hydroxylation sites is 2. The molecular formula is C17H19N5O2. The number of urea groups is 1. The average molecular weight is 325 g/mol. The number of fused-ring (bicyclic) bond motifs is 1. The topological polar surface area (TPSA) is 91.9 Å². The van der Waals surface area contributed by atoms with Gasteiger partial charge in [-0.2, -0.15) is 0 Å². The molecule has 0 saturated carbocycles. The van der Waals surface area contributed by atoms with Gasteiger partial charge >= 0.3 is 6.03 Å². The first-order valence-corrected chi connectivity index (χ1v) is 7.69. The molecule has 0 aliphatic heterocycles. The highest BCUT2D eigenvalue weighted by molar-refractivity contribution is 5.75. The number of benzene rings is 1. The Labute approximate surface area is 139 Å². The molecule has 124 valence electrons. The van der Waals surface area contributed by atoms with E-state index in [1.54, 1.807) is 19.4 Å². The van der Waals surface area contributed by atoms with Crippen LogP contribution in [0.4, 0.5) is 4.79 Å². The molecule has 0 atom stereocenters. The van der Waals surface area contributed by atoms with E-state index in [4.69, 9.17) is 4.74 Å². The maximum Gasteiger partial charge on any atom is 0.315 e. The van der Waals surface area contributed by atoms with E-state index in [1.807, 2.05) is 30.3 Å². The molecule has 0 spiro atoms. The summed E-state index contributed by atoms with van der Waals surface area (Å²) in [6, 6.07) is 11.2. The van der Waals surface area contributed by atoms with Crippen LogP contribution < -0.4 is 15.4 Å². The molecule has 7 nitrogen and oxygen atoms in total. The van der Waals surface area contributed by atoms with E-state index in [-0.39, 0.29) is 6.03 Å². The number of carbonyl (C=O) groups excluding carboxylic acids is 1. The maximum atomic E-state index is 11.8. The van der Waals surface area contributed by atoms with Crippen molar-refractivity contribution in [2.45, 2.75) is 13.0 Å². The van der Waals surface area contributed by atoms with E-state index in [9.17, 15) is 4.79 Å². The zero-order valence-electron chi connectivity index (χ0n) is 13.4. The van der Waals surface area contributed by atoms with E-state index < -0.39 is 0 Å². The van der Waals surface area contributed by atoms with E-state index in [2.05, 4.69) is 25.6 Å². The number of nitrogens with zero attached hydrogens (tertiary/aromatic N) is 2. The fourth-order valence-electron chi connectivity index (χ4n) is 2.34. The summed E-state index contributed by atoms with van der Waals surface area (Å²) in [5, 5.41) is 5.62. The van der Waals surface area contributed by atoms with Crippen molar-refractivity contribution in [3.05, 3.63) is 54.0 Å². The van der Waals surface area contributed by atoms with Gasteiger partial charge in [-0.05, 0) is 23.8 Å². The van der Waals surface area contributed by atoms with Crippen LogP contribution in [0.5, 0.6) is 5.88 Å². The number of ether oxygens (including phenoxy) is 1. The van der Waals surface area contributed by atoms with Crippen molar-refractivity contribution in [3.63, 3.8) is 0 Å². The van der Waals surface area contributed by atoms with Gasteiger partial charge in [0.05, 0.1) is 18.1 Å². The molecule has 2 heterocycles. The number of hydrogen-bond donors (Lipinski definition) is 3. The Bertz CT molecular complexity index is 797. The molecule has 1 aromatic carbocycles. The van der Waals surface area contributed by atoms with Gasteiger partial charge in [-0.15, -0.1) is 0 Å². The molecule has 3 aromatic rings. The van der Waals surface area contributed by atoms with Crippen LogP contribution in [0.1, 0.15) is 11.4 Å². The van der Waals surface area contributed by atoms with Crippen molar-refractivity contribution in [2.75, 3.05) is 13.7 Å². The van der Waals surface area contributed by atoms with Gasteiger partial charge in [-0.25, -0.2) is 14.8 Å². The molecule has 2 amide bonds. The summed E-state index contributed by atoms with van der Waals surface area (Å²) in [7, 11) is 1.56. The highest BCUT2D eigenvalue weighted by atomic mass is 16.5. The summed E-state index contributed by atoms with van der Waals surface area (Å²) >= 11 is 0. The number of aromatic nitrogens is 3. The van der Waals surface area contributed by atoms with Crippen LogP contribution in [0.2, 0.25) is 0 Å². The minimum atomic E-state index is -0.220. The van der Waals surface area contributed by atoms with Crippen molar-refractivity contribution in [3.8, 4) is 5.88 Å². The smallest absolute Gasteiger partial charge is 0.315 e. The standard InChI is InChI=1S/C17H19N5O2/c1-24-16-10-12(6-8-18-16)11-20-17(23)19-9-7-15-21-13-4-2-3-5-14(13)22-15/h2-6,8,10H,7,9,11H2,1H3,(H,21,22)(H2,19,20,23). The number of pyridine rings is 1. The van der Waals surface area contributed by atoms with Crippen molar-refractivity contribution in [2.24, 2.45) is 0 Å².